The van der Waals surface area contributed by atoms with Gasteiger partial charge < -0.3 is 5.73 Å². The molecule has 0 fully saturated rings. The number of nitrogens with two attached hydrogens (primary N) is 1. The van der Waals surface area contributed by atoms with Gasteiger partial charge in [0.2, 0.25) is 0 Å². The van der Waals surface area contributed by atoms with Gasteiger partial charge in [0.25, 0.3) is 0 Å². The van der Waals surface area contributed by atoms with Crippen LogP contribution in [-0.4, -0.2) is 0 Å². The molecule has 2 N–H and O–H groups in total. The smallest absolute Gasteiger partial charge is 0.0372 e. The molecule has 0 aliphatic carbocycles. The van der Waals surface area contributed by atoms with Crippen LogP contribution in [0, 0.1) is 0 Å². The van der Waals surface area contributed by atoms with Gasteiger partial charge in [-0.1, -0.05) is 22.9 Å². The van der Waals surface area contributed by atoms with E-state index in [4.69, 9.17) is 5.73 Å². The second kappa shape index (κ2) is 3.91. The van der Waals surface area contributed by atoms with Gasteiger partial charge in [-0.15, -0.1) is 11.3 Å². The number of halogens is 1. The molecular weight excluding hydrogens is 258 g/mol. The topological polar surface area (TPSA) is 26.0 Å². The van der Waals surface area contributed by atoms with Crippen LogP contribution in [0.3, 0.4) is 0 Å². The zero-order valence-corrected chi connectivity index (χ0v) is 10.4. The van der Waals surface area contributed by atoms with Gasteiger partial charge in [-0.3, -0.25) is 0 Å². The second-order valence-electron chi connectivity index (χ2n) is 3.24. The Morgan fingerprint density at radius 2 is 2.21 bits per heavy atom. The van der Waals surface area contributed by atoms with E-state index in [-0.39, 0.29) is 0 Å². The monoisotopic (exact) mass is 269 g/mol. The van der Waals surface area contributed by atoms with Crippen LogP contribution in [0.1, 0.15) is 18.1 Å². The zero-order valence-electron chi connectivity index (χ0n) is 8.01. The molecule has 0 unspecified atom stereocenters. The quantitative estimate of drug-likeness (QED) is 0.649. The largest absolute Gasteiger partial charge is 0.398 e. The Hall–Kier alpha value is -0.540. The van der Waals surface area contributed by atoms with Crippen LogP contribution in [0.25, 0.3) is 10.1 Å². The number of fused-ring (bicyclic) bond motifs is 1. The van der Waals surface area contributed by atoms with Crippen LogP contribution >= 0.6 is 27.3 Å². The van der Waals surface area contributed by atoms with E-state index in [9.17, 15) is 0 Å². The highest BCUT2D eigenvalue weighted by Crippen LogP contribution is 2.32. The lowest BCUT2D eigenvalue weighted by Gasteiger charge is -2.10. The van der Waals surface area contributed by atoms with Crippen molar-refractivity contribution >= 4 is 43.0 Å². The van der Waals surface area contributed by atoms with Crippen LogP contribution < -0.4 is 5.73 Å². The molecule has 0 saturated carbocycles. The standard InChI is InChI=1S/C11H12BrNS/c1-2-7-8-3-4-14-11(8)5-10(13)9(7)6-12/h3-5H,2,6,13H2,1H3. The Morgan fingerprint density at radius 3 is 2.86 bits per heavy atom. The lowest BCUT2D eigenvalue weighted by atomic mass is 10.0. The maximum Gasteiger partial charge on any atom is 0.0372 e. The van der Waals surface area contributed by atoms with Crippen LogP contribution in [-0.2, 0) is 11.8 Å². The van der Waals surface area contributed by atoms with Gasteiger partial charge in [-0.25, -0.2) is 0 Å². The highest BCUT2D eigenvalue weighted by Gasteiger charge is 2.09. The van der Waals surface area contributed by atoms with E-state index in [0.29, 0.717) is 0 Å². The maximum absolute atomic E-state index is 6.01. The molecule has 3 heteroatoms. The maximum atomic E-state index is 6.01. The lowest BCUT2D eigenvalue weighted by molar-refractivity contribution is 1.13. The highest BCUT2D eigenvalue weighted by atomic mass is 79.9. The number of rotatable bonds is 2. The van der Waals surface area contributed by atoms with Gasteiger partial charge in [-0.2, -0.15) is 0 Å². The number of hydrogen-bond acceptors (Lipinski definition) is 2. The van der Waals surface area contributed by atoms with Gasteiger partial charge in [0.15, 0.2) is 0 Å². The Morgan fingerprint density at radius 1 is 1.43 bits per heavy atom. The molecule has 14 heavy (non-hydrogen) atoms. The molecule has 2 aromatic rings. The van der Waals surface area contributed by atoms with Crippen molar-refractivity contribution in [2.45, 2.75) is 18.7 Å². The summed E-state index contributed by atoms with van der Waals surface area (Å²) in [6, 6.07) is 4.26. The number of aryl methyl sites for hydroxylation is 1. The van der Waals surface area contributed by atoms with Gasteiger partial charge >= 0.3 is 0 Å². The minimum Gasteiger partial charge on any atom is -0.398 e. The Bertz CT molecular complexity index is 462. The Kier molecular flexibility index (Phi) is 2.79. The summed E-state index contributed by atoms with van der Waals surface area (Å²) < 4.78 is 1.30. The molecule has 0 amide bonds. The molecule has 0 bridgehead atoms. The third kappa shape index (κ3) is 1.44. The first-order chi connectivity index (χ1) is 6.77. The molecule has 1 heterocycles. The van der Waals surface area contributed by atoms with E-state index in [1.165, 1.54) is 21.2 Å². The first-order valence-corrected chi connectivity index (χ1v) is 6.61. The lowest BCUT2D eigenvalue weighted by Crippen LogP contribution is -1.97. The first-order valence-electron chi connectivity index (χ1n) is 4.61. The SMILES string of the molecule is CCc1c(CBr)c(N)cc2sccc12. The Labute approximate surface area is 96.1 Å². The minimum absolute atomic E-state index is 0.841. The van der Waals surface area contributed by atoms with Crippen molar-refractivity contribution in [3.05, 3.63) is 28.6 Å². The van der Waals surface area contributed by atoms with Crippen LogP contribution in [0.5, 0.6) is 0 Å². The van der Waals surface area contributed by atoms with E-state index in [2.05, 4.69) is 40.4 Å². The molecule has 0 atom stereocenters. The van der Waals surface area contributed by atoms with Crippen molar-refractivity contribution in [3.8, 4) is 0 Å². The van der Waals surface area contributed by atoms with Gasteiger partial charge in [0, 0.05) is 15.7 Å². The van der Waals surface area contributed by atoms with E-state index >= 15 is 0 Å². The van der Waals surface area contributed by atoms with Crippen molar-refractivity contribution in [3.63, 3.8) is 0 Å². The van der Waals surface area contributed by atoms with Crippen LogP contribution in [0.2, 0.25) is 0 Å². The van der Waals surface area contributed by atoms with Crippen molar-refractivity contribution < 1.29 is 0 Å². The molecule has 0 saturated heterocycles. The number of nitrogen functional groups attached to an aromatic ring is 1. The summed E-state index contributed by atoms with van der Waals surface area (Å²) >= 11 is 5.25. The molecule has 0 spiro atoms. The number of hydrogen-bond donors (Lipinski definition) is 1. The summed E-state index contributed by atoms with van der Waals surface area (Å²) in [6.45, 7) is 2.18. The molecule has 1 aromatic heterocycles. The van der Waals surface area contributed by atoms with Crippen molar-refractivity contribution in [1.82, 2.24) is 0 Å². The summed E-state index contributed by atoms with van der Waals surface area (Å²) in [7, 11) is 0. The van der Waals surface area contributed by atoms with Crippen molar-refractivity contribution in [1.29, 1.82) is 0 Å². The number of alkyl halides is 1. The number of thiophene rings is 1. The molecule has 0 aliphatic heterocycles. The first kappa shape index (κ1) is 9.99. The van der Waals surface area contributed by atoms with Crippen molar-refractivity contribution in [2.24, 2.45) is 0 Å². The summed E-state index contributed by atoms with van der Waals surface area (Å²) in [5.74, 6) is 0. The molecule has 1 aromatic carbocycles. The molecule has 1 nitrogen and oxygen atoms in total. The number of anilines is 1. The average molecular weight is 270 g/mol. The fourth-order valence-electron chi connectivity index (χ4n) is 1.81. The molecule has 0 radical (unpaired) electrons. The predicted molar refractivity (Wildman–Crippen MR) is 68.2 cm³/mol. The second-order valence-corrected chi connectivity index (χ2v) is 4.75. The minimum atomic E-state index is 0.841. The Balaban J connectivity index is 2.82. The van der Waals surface area contributed by atoms with Gasteiger partial charge in [0.05, 0.1) is 0 Å². The van der Waals surface area contributed by atoms with Gasteiger partial charge in [0.1, 0.15) is 0 Å². The molecule has 74 valence electrons. The summed E-state index contributed by atoms with van der Waals surface area (Å²) in [6.07, 6.45) is 1.04. The normalized spacial score (nSPS) is 11.0. The van der Waals surface area contributed by atoms with E-state index in [0.717, 1.165) is 17.4 Å². The van der Waals surface area contributed by atoms with E-state index in [1.54, 1.807) is 11.3 Å². The van der Waals surface area contributed by atoms with Gasteiger partial charge in [-0.05, 0) is 40.4 Å². The summed E-state index contributed by atoms with van der Waals surface area (Å²) in [5, 5.41) is 4.33. The van der Waals surface area contributed by atoms with E-state index < -0.39 is 0 Å². The highest BCUT2D eigenvalue weighted by molar-refractivity contribution is 9.08. The zero-order chi connectivity index (χ0) is 10.1. The van der Waals surface area contributed by atoms with Crippen LogP contribution in [0.4, 0.5) is 5.69 Å². The third-order valence-corrected chi connectivity index (χ3v) is 3.93. The summed E-state index contributed by atoms with van der Waals surface area (Å²) in [5.41, 5.74) is 9.56. The molecule has 2 rings (SSSR count). The molecular formula is C11H12BrNS. The predicted octanol–water partition coefficient (Wildman–Crippen LogP) is 3.94. The fraction of sp³-hybridized carbons (Fsp3) is 0.273. The average Bonchev–Trinajstić information content (AvgIpc) is 2.62. The number of benzene rings is 1. The van der Waals surface area contributed by atoms with Crippen LogP contribution in [0.15, 0.2) is 17.5 Å². The van der Waals surface area contributed by atoms with Crippen molar-refractivity contribution in [2.75, 3.05) is 5.73 Å². The third-order valence-electron chi connectivity index (χ3n) is 2.51. The van der Waals surface area contributed by atoms with E-state index in [1.807, 2.05) is 0 Å². The summed E-state index contributed by atoms with van der Waals surface area (Å²) in [4.78, 5) is 0. The molecule has 0 aliphatic rings. The fourth-order valence-corrected chi connectivity index (χ4v) is 3.33.